The molecular weight excluding hydrogens is 459 g/mol. The van der Waals surface area contributed by atoms with Gasteiger partial charge >= 0.3 is 6.09 Å². The van der Waals surface area contributed by atoms with Gasteiger partial charge in [0.2, 0.25) is 0 Å². The lowest BCUT2D eigenvalue weighted by Gasteiger charge is -2.36. The van der Waals surface area contributed by atoms with Gasteiger partial charge < -0.3 is 25.0 Å². The predicted octanol–water partition coefficient (Wildman–Crippen LogP) is 2.94. The topological polar surface area (TPSA) is 80.4 Å². The number of halogens is 1. The van der Waals surface area contributed by atoms with Crippen LogP contribution in [-0.2, 0) is 4.74 Å². The van der Waals surface area contributed by atoms with Gasteiger partial charge in [-0.3, -0.25) is 4.99 Å². The Morgan fingerprint density at radius 3 is 2.30 bits per heavy atom. The maximum Gasteiger partial charge on any atom is 0.410 e. The number of nitrogens with zero attached hydrogens (tertiary/aromatic N) is 3. The number of para-hydroxylation sites is 1. The second-order valence-corrected chi connectivity index (χ2v) is 7.21. The number of rotatable bonds is 5. The quantitative estimate of drug-likeness (QED) is 0.297. The molecule has 2 N–H and O–H groups in total. The van der Waals surface area contributed by atoms with E-state index < -0.39 is 5.60 Å². The fraction of sp³-hybridized carbons (Fsp3) is 0.579. The van der Waals surface area contributed by atoms with Crippen LogP contribution in [0.25, 0.3) is 0 Å². The van der Waals surface area contributed by atoms with Gasteiger partial charge in [-0.15, -0.1) is 24.0 Å². The van der Waals surface area contributed by atoms with Gasteiger partial charge in [-0.25, -0.2) is 4.79 Å². The lowest BCUT2D eigenvalue weighted by molar-refractivity contribution is 0.0186. The molecule has 7 nitrogen and oxygen atoms in total. The highest BCUT2D eigenvalue weighted by atomic mass is 127. The van der Waals surface area contributed by atoms with E-state index in [1.807, 2.05) is 56.0 Å². The zero-order valence-electron chi connectivity index (χ0n) is 16.4. The second kappa shape index (κ2) is 11.2. The molecule has 1 aromatic carbocycles. The molecule has 0 atom stereocenters. The largest absolute Gasteiger partial charge is 0.494 e. The number of guanidine groups is 1. The van der Waals surface area contributed by atoms with E-state index in [9.17, 15) is 4.79 Å². The van der Waals surface area contributed by atoms with Crippen LogP contribution in [0.3, 0.4) is 0 Å². The first kappa shape index (κ1) is 23.3. The van der Waals surface area contributed by atoms with E-state index in [0.29, 0.717) is 45.3 Å². The number of ether oxygens (including phenoxy) is 2. The highest BCUT2D eigenvalue weighted by Gasteiger charge is 2.26. The van der Waals surface area contributed by atoms with Crippen LogP contribution in [0.1, 0.15) is 27.2 Å². The molecule has 152 valence electrons. The molecular formula is C19H31IN4O3. The number of carbonyl (C=O) groups is 1. The van der Waals surface area contributed by atoms with E-state index in [1.54, 1.807) is 4.90 Å². The smallest absolute Gasteiger partial charge is 0.410 e. The lowest BCUT2D eigenvalue weighted by Crippen LogP contribution is -2.53. The van der Waals surface area contributed by atoms with Crippen molar-refractivity contribution in [3.8, 4) is 5.75 Å². The third-order valence-corrected chi connectivity index (χ3v) is 3.84. The van der Waals surface area contributed by atoms with Crippen molar-refractivity contribution in [1.82, 2.24) is 9.80 Å². The van der Waals surface area contributed by atoms with Gasteiger partial charge in [-0.05, 0) is 32.9 Å². The molecule has 1 heterocycles. The third kappa shape index (κ3) is 8.68. The summed E-state index contributed by atoms with van der Waals surface area (Å²) in [5, 5.41) is 0. The zero-order valence-corrected chi connectivity index (χ0v) is 18.7. The van der Waals surface area contributed by atoms with Gasteiger partial charge in [-0.1, -0.05) is 18.2 Å². The second-order valence-electron chi connectivity index (χ2n) is 7.21. The Morgan fingerprint density at radius 2 is 1.70 bits per heavy atom. The summed E-state index contributed by atoms with van der Waals surface area (Å²) in [5.74, 6) is 1.39. The van der Waals surface area contributed by atoms with Crippen molar-refractivity contribution >= 4 is 36.0 Å². The number of aliphatic imine (C=N–C) groups is 1. The summed E-state index contributed by atoms with van der Waals surface area (Å²) in [5.41, 5.74) is 5.59. The first-order valence-electron chi connectivity index (χ1n) is 9.06. The van der Waals surface area contributed by atoms with Crippen LogP contribution in [0.2, 0.25) is 0 Å². The van der Waals surface area contributed by atoms with E-state index in [2.05, 4.69) is 4.99 Å². The van der Waals surface area contributed by atoms with Gasteiger partial charge in [0.1, 0.15) is 11.4 Å². The minimum absolute atomic E-state index is 0. The van der Waals surface area contributed by atoms with E-state index in [-0.39, 0.29) is 30.1 Å². The normalized spacial score (nSPS) is 15.1. The number of carbonyl (C=O) groups excluding carboxylic acids is 1. The van der Waals surface area contributed by atoms with Crippen molar-refractivity contribution in [3.05, 3.63) is 30.3 Å². The van der Waals surface area contributed by atoms with Crippen LogP contribution in [0.15, 0.2) is 35.3 Å². The number of piperazine rings is 1. The molecule has 0 radical (unpaired) electrons. The van der Waals surface area contributed by atoms with Crippen LogP contribution in [-0.4, -0.2) is 66.8 Å². The Balaban J connectivity index is 0.00000364. The van der Waals surface area contributed by atoms with Crippen molar-refractivity contribution in [2.24, 2.45) is 10.7 Å². The number of hydrogen-bond acceptors (Lipinski definition) is 4. The summed E-state index contributed by atoms with van der Waals surface area (Å²) >= 11 is 0. The highest BCUT2D eigenvalue weighted by Crippen LogP contribution is 2.12. The first-order valence-corrected chi connectivity index (χ1v) is 9.06. The SMILES string of the molecule is CC(C)(C)OC(=O)N1CCN(C(N)=NCCCOc2ccccc2)CC1.I. The lowest BCUT2D eigenvalue weighted by atomic mass is 10.2. The Bertz CT molecular complexity index is 597. The molecule has 0 aliphatic carbocycles. The third-order valence-electron chi connectivity index (χ3n) is 3.84. The molecule has 0 bridgehead atoms. The van der Waals surface area contributed by atoms with E-state index in [0.717, 1.165) is 12.2 Å². The van der Waals surface area contributed by atoms with Gasteiger partial charge in [-0.2, -0.15) is 0 Å². The molecule has 0 unspecified atom stereocenters. The molecule has 0 spiro atoms. The van der Waals surface area contributed by atoms with Crippen molar-refractivity contribution in [1.29, 1.82) is 0 Å². The molecule has 2 rings (SSSR count). The van der Waals surface area contributed by atoms with Crippen LogP contribution in [0, 0.1) is 0 Å². The monoisotopic (exact) mass is 490 g/mol. The molecule has 1 saturated heterocycles. The minimum Gasteiger partial charge on any atom is -0.494 e. The first-order chi connectivity index (χ1) is 12.3. The fourth-order valence-corrected chi connectivity index (χ4v) is 2.51. The molecule has 0 aromatic heterocycles. The standard InChI is InChI=1S/C19H30N4O3.HI/c1-19(2,3)26-18(24)23-13-11-22(12-14-23)17(20)21-10-7-15-25-16-8-5-4-6-9-16;/h4-6,8-9H,7,10-15H2,1-3H3,(H2,20,21);1H. The summed E-state index contributed by atoms with van der Waals surface area (Å²) in [6, 6.07) is 9.72. The van der Waals surface area contributed by atoms with Gasteiger partial charge in [0, 0.05) is 39.1 Å². The minimum atomic E-state index is -0.476. The summed E-state index contributed by atoms with van der Waals surface area (Å²) < 4.78 is 11.0. The summed E-state index contributed by atoms with van der Waals surface area (Å²) in [7, 11) is 0. The summed E-state index contributed by atoms with van der Waals surface area (Å²) in [4.78, 5) is 20.2. The molecule has 1 fully saturated rings. The maximum atomic E-state index is 12.1. The van der Waals surface area contributed by atoms with Gasteiger partial charge in [0.15, 0.2) is 5.96 Å². The van der Waals surface area contributed by atoms with E-state index in [4.69, 9.17) is 15.2 Å². The Kier molecular flexibility index (Phi) is 9.68. The average molecular weight is 490 g/mol. The van der Waals surface area contributed by atoms with Gasteiger partial charge in [0.25, 0.3) is 0 Å². The van der Waals surface area contributed by atoms with E-state index >= 15 is 0 Å². The van der Waals surface area contributed by atoms with Crippen LogP contribution in [0.4, 0.5) is 4.79 Å². The fourth-order valence-electron chi connectivity index (χ4n) is 2.51. The average Bonchev–Trinajstić information content (AvgIpc) is 2.61. The van der Waals surface area contributed by atoms with Crippen molar-refractivity contribution in [2.75, 3.05) is 39.3 Å². The summed E-state index contributed by atoms with van der Waals surface area (Å²) in [6.45, 7) is 9.32. The number of nitrogens with two attached hydrogens (primary N) is 1. The van der Waals surface area contributed by atoms with E-state index in [1.165, 1.54) is 0 Å². The Morgan fingerprint density at radius 1 is 1.11 bits per heavy atom. The van der Waals surface area contributed by atoms with Crippen LogP contribution in [0.5, 0.6) is 5.75 Å². The van der Waals surface area contributed by atoms with Crippen LogP contribution < -0.4 is 10.5 Å². The molecule has 1 aliphatic rings. The molecule has 1 aromatic rings. The van der Waals surface area contributed by atoms with Crippen molar-refractivity contribution in [2.45, 2.75) is 32.8 Å². The molecule has 27 heavy (non-hydrogen) atoms. The maximum absolute atomic E-state index is 12.1. The molecule has 1 aliphatic heterocycles. The molecule has 8 heteroatoms. The van der Waals surface area contributed by atoms with Crippen LogP contribution >= 0.6 is 24.0 Å². The van der Waals surface area contributed by atoms with Gasteiger partial charge in [0.05, 0.1) is 6.61 Å². The Labute approximate surface area is 178 Å². The Hall–Kier alpha value is -1.71. The number of hydrogen-bond donors (Lipinski definition) is 1. The highest BCUT2D eigenvalue weighted by molar-refractivity contribution is 14.0. The summed E-state index contributed by atoms with van der Waals surface area (Å²) in [6.07, 6.45) is 0.527. The van der Waals surface area contributed by atoms with Crippen molar-refractivity contribution in [3.63, 3.8) is 0 Å². The molecule has 0 saturated carbocycles. The zero-order chi connectivity index (χ0) is 19.0. The predicted molar refractivity (Wildman–Crippen MR) is 118 cm³/mol. The molecule has 1 amide bonds. The number of amides is 1. The van der Waals surface area contributed by atoms with Crippen molar-refractivity contribution < 1.29 is 14.3 Å². The number of benzene rings is 1.